The number of nitrogens with zero attached hydrogens (tertiary/aromatic N) is 1. The van der Waals surface area contributed by atoms with Gasteiger partial charge in [0.1, 0.15) is 10.6 Å². The van der Waals surface area contributed by atoms with E-state index in [1.54, 1.807) is 7.11 Å². The van der Waals surface area contributed by atoms with E-state index in [9.17, 15) is 4.79 Å². The molecule has 2 aromatic rings. The molecule has 0 radical (unpaired) electrons. The highest BCUT2D eigenvalue weighted by atomic mass is 32.1. The summed E-state index contributed by atoms with van der Waals surface area (Å²) in [6.45, 7) is 0.671. The van der Waals surface area contributed by atoms with E-state index in [-0.39, 0.29) is 5.91 Å². The van der Waals surface area contributed by atoms with E-state index in [1.807, 2.05) is 22.8 Å². The summed E-state index contributed by atoms with van der Waals surface area (Å²) in [5.41, 5.74) is 1.32. The topological polar surface area (TPSA) is 51.2 Å². The Morgan fingerprint density at radius 2 is 2.27 bits per heavy atom. The first-order valence-corrected chi connectivity index (χ1v) is 9.34. The molecule has 0 saturated heterocycles. The zero-order chi connectivity index (χ0) is 15.4. The minimum absolute atomic E-state index is 0.0507. The first-order chi connectivity index (χ1) is 10.8. The van der Waals surface area contributed by atoms with Crippen LogP contribution in [0.1, 0.15) is 44.5 Å². The quantitative estimate of drug-likeness (QED) is 0.822. The lowest BCUT2D eigenvalue weighted by Crippen LogP contribution is -2.24. The number of carbonyl (C=O) groups is 1. The van der Waals surface area contributed by atoms with Crippen molar-refractivity contribution < 1.29 is 9.53 Å². The van der Waals surface area contributed by atoms with Crippen LogP contribution in [0.5, 0.6) is 5.75 Å². The molecular formula is C16H20N2O2S2. The number of rotatable bonds is 6. The monoisotopic (exact) mass is 336 g/mol. The van der Waals surface area contributed by atoms with E-state index in [0.29, 0.717) is 17.2 Å². The molecule has 118 valence electrons. The number of hydrogen-bond donors (Lipinski definition) is 1. The van der Waals surface area contributed by atoms with E-state index in [0.717, 1.165) is 19.3 Å². The lowest BCUT2D eigenvalue weighted by atomic mass is 10.0. The van der Waals surface area contributed by atoms with E-state index in [2.05, 4.69) is 5.32 Å². The highest BCUT2D eigenvalue weighted by Gasteiger charge is 2.15. The number of fused-ring (bicyclic) bond motifs is 1. The molecule has 0 fully saturated rings. The Morgan fingerprint density at radius 3 is 3.09 bits per heavy atom. The summed E-state index contributed by atoms with van der Waals surface area (Å²) in [7, 11) is 1.59. The minimum Gasteiger partial charge on any atom is -0.495 e. The fourth-order valence-corrected chi connectivity index (χ4v) is 4.63. The van der Waals surface area contributed by atoms with Crippen molar-refractivity contribution in [2.24, 2.45) is 0 Å². The Hall–Kier alpha value is -1.40. The fraction of sp³-hybridized carbons (Fsp3) is 0.500. The highest BCUT2D eigenvalue weighted by Crippen LogP contribution is 2.27. The standard InChI is InChI=1S/C16H20N2O2S2/c1-20-12-8-10-21-15(12)16(19)17-9-4-7-14-18-11-5-2-3-6-13(11)22-14/h8,10H,2-7,9H2,1H3,(H,17,19). The van der Waals surface area contributed by atoms with Crippen molar-refractivity contribution in [3.8, 4) is 5.75 Å². The van der Waals surface area contributed by atoms with Crippen molar-refractivity contribution in [2.75, 3.05) is 13.7 Å². The zero-order valence-corrected chi connectivity index (χ0v) is 14.3. The Balaban J connectivity index is 1.45. The molecule has 4 nitrogen and oxygen atoms in total. The van der Waals surface area contributed by atoms with Crippen molar-refractivity contribution in [2.45, 2.75) is 38.5 Å². The van der Waals surface area contributed by atoms with Gasteiger partial charge in [-0.25, -0.2) is 4.98 Å². The molecule has 0 aliphatic heterocycles. The van der Waals surface area contributed by atoms with Crippen LogP contribution in [0.4, 0.5) is 0 Å². The molecule has 0 atom stereocenters. The van der Waals surface area contributed by atoms with Gasteiger partial charge < -0.3 is 10.1 Å². The highest BCUT2D eigenvalue weighted by molar-refractivity contribution is 7.12. The maximum absolute atomic E-state index is 12.1. The Labute approximate surface area is 138 Å². The normalized spacial score (nSPS) is 13.7. The molecule has 1 amide bonds. The minimum atomic E-state index is -0.0507. The average molecular weight is 336 g/mol. The largest absolute Gasteiger partial charge is 0.495 e. The number of nitrogens with one attached hydrogen (secondary N) is 1. The van der Waals surface area contributed by atoms with Crippen molar-refractivity contribution in [3.05, 3.63) is 31.9 Å². The van der Waals surface area contributed by atoms with E-state index in [4.69, 9.17) is 9.72 Å². The van der Waals surface area contributed by atoms with Gasteiger partial charge in [0.05, 0.1) is 17.8 Å². The summed E-state index contributed by atoms with van der Waals surface area (Å²) in [5, 5.41) is 6.05. The van der Waals surface area contributed by atoms with Gasteiger partial charge in [-0.1, -0.05) is 0 Å². The third-order valence-corrected chi connectivity index (χ3v) is 5.91. The second-order valence-electron chi connectivity index (χ2n) is 5.36. The number of ether oxygens (including phenoxy) is 1. The Kier molecular flexibility index (Phi) is 5.10. The predicted octanol–water partition coefficient (Wildman–Crippen LogP) is 3.45. The number of thiophene rings is 1. The lowest BCUT2D eigenvalue weighted by Gasteiger charge is -2.06. The van der Waals surface area contributed by atoms with E-state index in [1.165, 1.54) is 46.2 Å². The molecule has 1 N–H and O–H groups in total. The number of carbonyl (C=O) groups excluding carboxylic acids is 1. The first-order valence-electron chi connectivity index (χ1n) is 7.65. The van der Waals surface area contributed by atoms with Gasteiger partial charge in [-0.2, -0.15) is 0 Å². The van der Waals surface area contributed by atoms with Gasteiger partial charge in [0, 0.05) is 17.8 Å². The zero-order valence-electron chi connectivity index (χ0n) is 12.7. The van der Waals surface area contributed by atoms with Crippen LogP contribution in [-0.2, 0) is 19.3 Å². The molecule has 22 heavy (non-hydrogen) atoms. The third kappa shape index (κ3) is 3.50. The van der Waals surface area contributed by atoms with Crippen molar-refractivity contribution in [1.29, 1.82) is 0 Å². The van der Waals surface area contributed by atoms with Gasteiger partial charge in [0.25, 0.3) is 5.91 Å². The SMILES string of the molecule is COc1ccsc1C(=O)NCCCc1nc2c(s1)CCCC2. The molecular weight excluding hydrogens is 316 g/mol. The number of amides is 1. The van der Waals surface area contributed by atoms with Crippen LogP contribution in [0.25, 0.3) is 0 Å². The number of aromatic nitrogens is 1. The average Bonchev–Trinajstić information content (AvgIpc) is 3.16. The van der Waals surface area contributed by atoms with Crippen LogP contribution in [-0.4, -0.2) is 24.5 Å². The molecule has 2 aromatic heterocycles. The number of thiazole rings is 1. The Bertz CT molecular complexity index is 625. The molecule has 0 spiro atoms. The Morgan fingerprint density at radius 1 is 1.41 bits per heavy atom. The summed E-state index contributed by atoms with van der Waals surface area (Å²) in [6.07, 6.45) is 6.77. The van der Waals surface area contributed by atoms with Crippen LogP contribution in [0.2, 0.25) is 0 Å². The molecule has 2 heterocycles. The molecule has 0 saturated carbocycles. The second kappa shape index (κ2) is 7.24. The van der Waals surface area contributed by atoms with Gasteiger partial charge in [0.2, 0.25) is 0 Å². The van der Waals surface area contributed by atoms with Crippen LogP contribution in [0.15, 0.2) is 11.4 Å². The number of methoxy groups -OCH3 is 1. The molecule has 0 aromatic carbocycles. The van der Waals surface area contributed by atoms with Gasteiger partial charge >= 0.3 is 0 Å². The van der Waals surface area contributed by atoms with Crippen LogP contribution < -0.4 is 10.1 Å². The number of hydrogen-bond acceptors (Lipinski definition) is 5. The van der Waals surface area contributed by atoms with Crippen LogP contribution in [0, 0.1) is 0 Å². The first kappa shape index (κ1) is 15.5. The molecule has 0 bridgehead atoms. The van der Waals surface area contributed by atoms with Crippen LogP contribution >= 0.6 is 22.7 Å². The van der Waals surface area contributed by atoms with Gasteiger partial charge in [-0.15, -0.1) is 22.7 Å². The predicted molar refractivity (Wildman–Crippen MR) is 90.3 cm³/mol. The summed E-state index contributed by atoms with van der Waals surface area (Å²) in [5.74, 6) is 0.598. The summed E-state index contributed by atoms with van der Waals surface area (Å²) in [6, 6.07) is 1.82. The maximum Gasteiger partial charge on any atom is 0.265 e. The molecule has 1 aliphatic rings. The maximum atomic E-state index is 12.1. The van der Waals surface area contributed by atoms with Crippen molar-refractivity contribution >= 4 is 28.6 Å². The molecule has 6 heteroatoms. The molecule has 1 aliphatic carbocycles. The van der Waals surface area contributed by atoms with Crippen molar-refractivity contribution in [3.63, 3.8) is 0 Å². The second-order valence-corrected chi connectivity index (χ2v) is 7.45. The van der Waals surface area contributed by atoms with Crippen LogP contribution in [0.3, 0.4) is 0 Å². The molecule has 0 unspecified atom stereocenters. The number of aryl methyl sites for hydroxylation is 3. The van der Waals surface area contributed by atoms with E-state index < -0.39 is 0 Å². The lowest BCUT2D eigenvalue weighted by molar-refractivity contribution is 0.0954. The van der Waals surface area contributed by atoms with Crippen molar-refractivity contribution in [1.82, 2.24) is 10.3 Å². The summed E-state index contributed by atoms with van der Waals surface area (Å²) < 4.78 is 5.17. The summed E-state index contributed by atoms with van der Waals surface area (Å²) >= 11 is 3.26. The van der Waals surface area contributed by atoms with E-state index >= 15 is 0 Å². The van der Waals surface area contributed by atoms with Gasteiger partial charge in [-0.05, 0) is 43.6 Å². The van der Waals surface area contributed by atoms with Gasteiger partial charge in [0.15, 0.2) is 0 Å². The third-order valence-electron chi connectivity index (χ3n) is 3.80. The smallest absolute Gasteiger partial charge is 0.265 e. The fourth-order valence-electron chi connectivity index (χ4n) is 2.66. The van der Waals surface area contributed by atoms with Gasteiger partial charge in [-0.3, -0.25) is 4.79 Å². The molecule has 3 rings (SSSR count). The summed E-state index contributed by atoms with van der Waals surface area (Å²) in [4.78, 5) is 18.9.